The normalized spacial score (nSPS) is 15.7. The van der Waals surface area contributed by atoms with E-state index in [1.54, 1.807) is 28.1 Å². The Bertz CT molecular complexity index is 1240. The standard InChI is InChI=1S/C21H20N4O2S2/c1-22(2)14-6-8-15(9-7-14)25-19(26)18(29-21(25)28)12-13-5-10-16-17(11-13)24(4)20(27)23(16)3/h5-12H,1-4H3. The van der Waals surface area contributed by atoms with E-state index in [0.29, 0.717) is 9.23 Å². The first-order valence-electron chi connectivity index (χ1n) is 8.99. The van der Waals surface area contributed by atoms with Gasteiger partial charge in [-0.1, -0.05) is 30.0 Å². The third-order valence-corrected chi connectivity index (χ3v) is 6.31. The Morgan fingerprint density at radius 1 is 0.966 bits per heavy atom. The Hall–Kier alpha value is -2.84. The fourth-order valence-electron chi connectivity index (χ4n) is 3.36. The Balaban J connectivity index is 1.68. The maximum absolute atomic E-state index is 13.0. The zero-order valence-corrected chi connectivity index (χ0v) is 18.2. The molecule has 0 atom stereocenters. The number of benzene rings is 2. The number of thioether (sulfide) groups is 1. The van der Waals surface area contributed by atoms with Crippen LogP contribution in [0.1, 0.15) is 5.56 Å². The Morgan fingerprint density at radius 3 is 2.28 bits per heavy atom. The fourth-order valence-corrected chi connectivity index (χ4v) is 4.65. The lowest BCUT2D eigenvalue weighted by atomic mass is 10.1. The van der Waals surface area contributed by atoms with Crippen LogP contribution in [-0.4, -0.2) is 33.5 Å². The molecule has 29 heavy (non-hydrogen) atoms. The van der Waals surface area contributed by atoms with Crippen LogP contribution >= 0.6 is 24.0 Å². The van der Waals surface area contributed by atoms with Gasteiger partial charge >= 0.3 is 5.69 Å². The third-order valence-electron chi connectivity index (χ3n) is 5.01. The number of imidazole rings is 1. The van der Waals surface area contributed by atoms with E-state index >= 15 is 0 Å². The second-order valence-electron chi connectivity index (χ2n) is 7.08. The van der Waals surface area contributed by atoms with Crippen molar-refractivity contribution in [3.05, 3.63) is 63.4 Å². The minimum atomic E-state index is -0.139. The highest BCUT2D eigenvalue weighted by Crippen LogP contribution is 2.36. The SMILES string of the molecule is CN(C)c1ccc(N2C(=O)C(=Cc3ccc4c(c3)n(C)c(=O)n4C)SC2=S)cc1. The van der Waals surface area contributed by atoms with Gasteiger partial charge in [0.1, 0.15) is 0 Å². The molecule has 0 bridgehead atoms. The van der Waals surface area contributed by atoms with Crippen molar-refractivity contribution in [1.82, 2.24) is 9.13 Å². The number of hydrogen-bond donors (Lipinski definition) is 0. The molecule has 2 heterocycles. The highest BCUT2D eigenvalue weighted by atomic mass is 32.2. The zero-order chi connectivity index (χ0) is 20.9. The van der Waals surface area contributed by atoms with Crippen molar-refractivity contribution in [3.8, 4) is 0 Å². The van der Waals surface area contributed by atoms with Gasteiger partial charge in [-0.25, -0.2) is 4.79 Å². The van der Waals surface area contributed by atoms with Crippen molar-refractivity contribution in [1.29, 1.82) is 0 Å². The van der Waals surface area contributed by atoms with Crippen LogP contribution in [-0.2, 0) is 18.9 Å². The summed E-state index contributed by atoms with van der Waals surface area (Å²) >= 11 is 6.75. The van der Waals surface area contributed by atoms with Gasteiger partial charge in [0.05, 0.1) is 21.6 Å². The molecule has 1 aliphatic rings. The van der Waals surface area contributed by atoms with Gasteiger partial charge in [0.2, 0.25) is 0 Å². The summed E-state index contributed by atoms with van der Waals surface area (Å²) in [5.74, 6) is -0.139. The lowest BCUT2D eigenvalue weighted by molar-refractivity contribution is -0.113. The molecule has 1 aliphatic heterocycles. The number of amides is 1. The molecular weight excluding hydrogens is 404 g/mol. The summed E-state index contributed by atoms with van der Waals surface area (Å²) in [5, 5.41) is 0. The van der Waals surface area contributed by atoms with E-state index in [2.05, 4.69) is 0 Å². The van der Waals surface area contributed by atoms with Gasteiger partial charge in [-0.05, 0) is 48.0 Å². The molecule has 0 N–H and O–H groups in total. The first-order chi connectivity index (χ1) is 13.8. The van der Waals surface area contributed by atoms with Crippen molar-refractivity contribution in [3.63, 3.8) is 0 Å². The van der Waals surface area contributed by atoms with Crippen molar-refractivity contribution >= 4 is 62.7 Å². The summed E-state index contributed by atoms with van der Waals surface area (Å²) in [5.41, 5.74) is 4.25. The van der Waals surface area contributed by atoms with Crippen molar-refractivity contribution in [2.75, 3.05) is 23.9 Å². The third kappa shape index (κ3) is 3.28. The highest BCUT2D eigenvalue weighted by molar-refractivity contribution is 8.27. The molecule has 0 aliphatic carbocycles. The molecule has 4 rings (SSSR count). The van der Waals surface area contributed by atoms with Crippen LogP contribution in [0.25, 0.3) is 17.1 Å². The number of rotatable bonds is 3. The topological polar surface area (TPSA) is 50.5 Å². The van der Waals surface area contributed by atoms with Gasteiger partial charge in [0.15, 0.2) is 4.32 Å². The van der Waals surface area contributed by atoms with E-state index < -0.39 is 0 Å². The van der Waals surface area contributed by atoms with Crippen molar-refractivity contribution in [2.45, 2.75) is 0 Å². The van der Waals surface area contributed by atoms with Gasteiger partial charge in [0, 0.05) is 33.9 Å². The summed E-state index contributed by atoms with van der Waals surface area (Å²) in [7, 11) is 7.43. The van der Waals surface area contributed by atoms with Crippen molar-refractivity contribution < 1.29 is 4.79 Å². The molecule has 0 unspecified atom stereocenters. The summed E-state index contributed by atoms with van der Waals surface area (Å²) in [6.45, 7) is 0. The Kier molecular flexibility index (Phi) is 4.84. The van der Waals surface area contributed by atoms with Crippen LogP contribution < -0.4 is 15.5 Å². The van der Waals surface area contributed by atoms with Crippen LogP contribution in [0.15, 0.2) is 52.2 Å². The molecule has 3 aromatic rings. The number of hydrogen-bond acceptors (Lipinski definition) is 5. The summed E-state index contributed by atoms with van der Waals surface area (Å²) in [6, 6.07) is 13.4. The van der Waals surface area contributed by atoms with Gasteiger partial charge in [-0.15, -0.1) is 0 Å². The molecule has 148 valence electrons. The molecule has 1 aromatic heterocycles. The number of thiocarbonyl (C=S) groups is 1. The number of anilines is 2. The first-order valence-corrected chi connectivity index (χ1v) is 10.2. The molecular formula is C21H20N4O2S2. The second kappa shape index (κ2) is 7.20. The Labute approximate surface area is 178 Å². The van der Waals surface area contributed by atoms with E-state index in [1.165, 1.54) is 11.8 Å². The number of nitrogens with zero attached hydrogens (tertiary/aromatic N) is 4. The average Bonchev–Trinajstić information content (AvgIpc) is 3.09. The van der Waals surface area contributed by atoms with Gasteiger partial charge < -0.3 is 4.90 Å². The van der Waals surface area contributed by atoms with E-state index in [1.807, 2.05) is 67.5 Å². The lowest BCUT2D eigenvalue weighted by Gasteiger charge is -2.17. The number of fused-ring (bicyclic) bond motifs is 1. The monoisotopic (exact) mass is 424 g/mol. The summed E-state index contributed by atoms with van der Waals surface area (Å²) in [4.78, 5) is 29.3. The number of carbonyl (C=O) groups is 1. The zero-order valence-electron chi connectivity index (χ0n) is 16.5. The van der Waals surface area contributed by atoms with Gasteiger partial charge in [-0.3, -0.25) is 18.8 Å². The maximum atomic E-state index is 13.0. The van der Waals surface area contributed by atoms with Gasteiger partial charge in [-0.2, -0.15) is 0 Å². The number of aromatic nitrogens is 2. The first kappa shape index (κ1) is 19.5. The quantitative estimate of drug-likeness (QED) is 0.477. The second-order valence-corrected chi connectivity index (χ2v) is 8.75. The smallest absolute Gasteiger partial charge is 0.328 e. The van der Waals surface area contributed by atoms with Crippen LogP contribution in [0.4, 0.5) is 11.4 Å². The molecule has 6 nitrogen and oxygen atoms in total. The molecule has 1 saturated heterocycles. The lowest BCUT2D eigenvalue weighted by Crippen LogP contribution is -2.27. The summed E-state index contributed by atoms with van der Waals surface area (Å²) in [6.07, 6.45) is 1.82. The highest BCUT2D eigenvalue weighted by Gasteiger charge is 2.33. The van der Waals surface area contributed by atoms with Crippen molar-refractivity contribution in [2.24, 2.45) is 14.1 Å². The minimum Gasteiger partial charge on any atom is -0.378 e. The molecule has 2 aromatic carbocycles. The predicted octanol–water partition coefficient (Wildman–Crippen LogP) is 3.35. The van der Waals surface area contributed by atoms with E-state index in [4.69, 9.17) is 12.2 Å². The number of carbonyl (C=O) groups excluding carboxylic acids is 1. The predicted molar refractivity (Wildman–Crippen MR) is 125 cm³/mol. The molecule has 0 spiro atoms. The van der Waals surface area contributed by atoms with Crippen LogP contribution in [0.2, 0.25) is 0 Å². The molecule has 0 saturated carbocycles. The largest absolute Gasteiger partial charge is 0.378 e. The number of aryl methyl sites for hydroxylation is 2. The van der Waals surface area contributed by atoms with Gasteiger partial charge in [0.25, 0.3) is 5.91 Å². The summed E-state index contributed by atoms with van der Waals surface area (Å²) < 4.78 is 3.72. The molecule has 0 radical (unpaired) electrons. The van der Waals surface area contributed by atoms with E-state index in [-0.39, 0.29) is 11.6 Å². The minimum absolute atomic E-state index is 0.0790. The van der Waals surface area contributed by atoms with E-state index in [9.17, 15) is 9.59 Å². The van der Waals surface area contributed by atoms with E-state index in [0.717, 1.165) is 28.0 Å². The van der Waals surface area contributed by atoms with Crippen LogP contribution in [0.5, 0.6) is 0 Å². The average molecular weight is 425 g/mol. The molecule has 8 heteroatoms. The fraction of sp³-hybridized carbons (Fsp3) is 0.190. The van der Waals surface area contributed by atoms with Crippen LogP contribution in [0, 0.1) is 0 Å². The molecule has 1 fully saturated rings. The Morgan fingerprint density at radius 2 is 1.62 bits per heavy atom. The molecule has 1 amide bonds. The van der Waals surface area contributed by atoms with Crippen LogP contribution in [0.3, 0.4) is 0 Å². The maximum Gasteiger partial charge on any atom is 0.328 e.